The molecule has 0 spiro atoms. The Morgan fingerprint density at radius 3 is 2.76 bits per heavy atom. The number of H-pyrrole nitrogens is 1. The lowest BCUT2D eigenvalue weighted by molar-refractivity contribution is -0.156. The number of hydrogen-bond acceptors (Lipinski definition) is 9. The van der Waals surface area contributed by atoms with Gasteiger partial charge in [0.05, 0.1) is 25.7 Å². The van der Waals surface area contributed by atoms with Crippen LogP contribution in [0.1, 0.15) is 21.9 Å². The van der Waals surface area contributed by atoms with Gasteiger partial charge in [0.15, 0.2) is 5.70 Å². The molecule has 0 saturated carbocycles. The van der Waals surface area contributed by atoms with Gasteiger partial charge < -0.3 is 10.2 Å². The number of thiol groups is 1. The van der Waals surface area contributed by atoms with Gasteiger partial charge in [-0.15, -0.1) is 0 Å². The molecule has 1 saturated heterocycles. The van der Waals surface area contributed by atoms with E-state index < -0.39 is 39.4 Å². The van der Waals surface area contributed by atoms with Gasteiger partial charge in [-0.2, -0.15) is 17.9 Å². The molecule has 1 amide bonds. The van der Waals surface area contributed by atoms with Crippen molar-refractivity contribution in [1.82, 2.24) is 9.27 Å². The topological polar surface area (TPSA) is 134 Å². The van der Waals surface area contributed by atoms with Crippen molar-refractivity contribution in [2.24, 2.45) is 5.92 Å². The van der Waals surface area contributed by atoms with Crippen LogP contribution in [0.4, 0.5) is 0 Å². The lowest BCUT2D eigenvalue weighted by Crippen LogP contribution is -2.60. The maximum atomic E-state index is 12.1. The molecule has 0 aliphatic carbocycles. The molecule has 2 aliphatic rings. The average Bonchev–Trinajstić information content (AvgIpc) is 3.05. The fourth-order valence-corrected chi connectivity index (χ4v) is 7.19. The zero-order valence-electron chi connectivity index (χ0n) is 12.5. The summed E-state index contributed by atoms with van der Waals surface area (Å²) < 4.78 is 2.17. The minimum absolute atomic E-state index is 0.0563. The Bertz CT molecular complexity index is 883. The number of nitrogens with one attached hydrogen (secondary N) is 1. The van der Waals surface area contributed by atoms with Crippen LogP contribution in [0, 0.1) is 17.2 Å². The molecule has 12 heteroatoms. The Labute approximate surface area is 159 Å². The molecule has 1 aromatic rings. The van der Waals surface area contributed by atoms with Crippen molar-refractivity contribution in [3.63, 3.8) is 0 Å². The van der Waals surface area contributed by atoms with Gasteiger partial charge in [0.25, 0.3) is 5.56 Å². The Kier molecular flexibility index (Phi) is 4.95. The average molecular weight is 418 g/mol. The monoisotopic (exact) mass is 417 g/mol. The van der Waals surface area contributed by atoms with E-state index in [-0.39, 0.29) is 11.3 Å². The quantitative estimate of drug-likeness (QED) is 0.318. The second kappa shape index (κ2) is 6.73. The van der Waals surface area contributed by atoms with Crippen LogP contribution in [0.5, 0.6) is 0 Å². The van der Waals surface area contributed by atoms with Gasteiger partial charge in [-0.05, 0) is 6.92 Å². The number of aliphatic hydroxyl groups is 1. The zero-order valence-corrected chi connectivity index (χ0v) is 15.8. The number of carbonyl (C=O) groups excluding carboxylic acids is 1. The Hall–Kier alpha value is -1.39. The number of carbonyl (C=O) groups is 2. The smallest absolute Gasteiger partial charge is 0.354 e. The number of carboxylic acids is 1. The molecular weight excluding hydrogens is 406 g/mol. The number of β-lactam (4-membered cyclic amide) rings is 1. The number of rotatable bonds is 5. The van der Waals surface area contributed by atoms with Crippen molar-refractivity contribution >= 4 is 59.6 Å². The molecule has 4 atom stereocenters. The highest BCUT2D eigenvalue weighted by molar-refractivity contribution is 8.26. The first-order valence-corrected chi connectivity index (χ1v) is 9.98. The van der Waals surface area contributed by atoms with E-state index in [4.69, 9.17) is 5.26 Å². The normalized spacial score (nSPS) is 24.6. The van der Waals surface area contributed by atoms with Crippen molar-refractivity contribution in [3.05, 3.63) is 30.7 Å². The van der Waals surface area contributed by atoms with Gasteiger partial charge in [0.1, 0.15) is 17.0 Å². The summed E-state index contributed by atoms with van der Waals surface area (Å²) in [5.74, 6) is -2.34. The third-order valence-electron chi connectivity index (χ3n) is 3.75. The van der Waals surface area contributed by atoms with Crippen LogP contribution in [0.2, 0.25) is 0 Å². The molecule has 1 fully saturated rings. The van der Waals surface area contributed by atoms with Gasteiger partial charge >= 0.3 is 5.97 Å². The lowest BCUT2D eigenvalue weighted by Gasteiger charge is -2.43. The maximum Gasteiger partial charge on any atom is 0.354 e. The molecule has 3 N–H and O–H groups in total. The first-order chi connectivity index (χ1) is 11.8. The molecule has 2 aliphatic heterocycles. The fraction of sp³-hybridized carbons (Fsp3) is 0.385. The van der Waals surface area contributed by atoms with Crippen molar-refractivity contribution in [1.29, 1.82) is 5.26 Å². The van der Waals surface area contributed by atoms with Crippen molar-refractivity contribution in [3.8, 4) is 6.07 Å². The third kappa shape index (κ3) is 2.89. The molecule has 8 nitrogen and oxygen atoms in total. The number of aromatic amines is 1. The number of thioether (sulfide) groups is 2. The summed E-state index contributed by atoms with van der Waals surface area (Å²) in [6.07, 6.45) is -0.882. The predicted molar refractivity (Wildman–Crippen MR) is 97.0 cm³/mol. The number of aliphatic carboxylic acids is 1. The highest BCUT2D eigenvalue weighted by atomic mass is 32.2. The maximum absolute atomic E-state index is 12.1. The van der Waals surface area contributed by atoms with Crippen molar-refractivity contribution in [2.45, 2.75) is 23.0 Å². The second-order valence-corrected chi connectivity index (χ2v) is 9.49. The van der Waals surface area contributed by atoms with E-state index in [1.165, 1.54) is 18.7 Å². The SMILES string of the molecule is C[C@@H](O)[C@H]1C(=O)N2C(C(=O)O)=C(SC(S)c3s[nH]c(=O)c3C#N)S[C@H]12. The van der Waals surface area contributed by atoms with Crippen molar-refractivity contribution in [2.75, 3.05) is 0 Å². The van der Waals surface area contributed by atoms with Gasteiger partial charge in [-0.1, -0.05) is 35.1 Å². The summed E-state index contributed by atoms with van der Waals surface area (Å²) in [5, 5.41) is 27.8. The molecule has 0 radical (unpaired) electrons. The number of aliphatic hydroxyl groups excluding tert-OH is 1. The van der Waals surface area contributed by atoms with E-state index in [1.54, 1.807) is 0 Å². The molecule has 132 valence electrons. The highest BCUT2D eigenvalue weighted by Crippen LogP contribution is 2.57. The zero-order chi connectivity index (χ0) is 18.5. The van der Waals surface area contributed by atoms with Crippen LogP contribution >= 0.6 is 47.7 Å². The number of carboxylic acid groups (broad SMARTS) is 1. The number of aromatic nitrogens is 1. The molecule has 3 heterocycles. The van der Waals surface area contributed by atoms with Crippen LogP contribution in [0.25, 0.3) is 0 Å². The third-order valence-corrected chi connectivity index (χ3v) is 8.19. The summed E-state index contributed by atoms with van der Waals surface area (Å²) >= 11 is 7.57. The number of amides is 1. The summed E-state index contributed by atoms with van der Waals surface area (Å²) in [7, 11) is 0. The molecular formula is C13H11N3O5S4. The summed E-state index contributed by atoms with van der Waals surface area (Å²) in [6, 6.07) is 1.81. The molecule has 0 bridgehead atoms. The van der Waals surface area contributed by atoms with Gasteiger partial charge in [0.2, 0.25) is 5.91 Å². The van der Waals surface area contributed by atoms with Gasteiger partial charge in [-0.25, -0.2) is 4.79 Å². The van der Waals surface area contributed by atoms with Crippen LogP contribution < -0.4 is 5.56 Å². The van der Waals surface area contributed by atoms with Gasteiger partial charge in [-0.3, -0.25) is 18.9 Å². The van der Waals surface area contributed by atoms with Crippen LogP contribution in [-0.2, 0) is 9.59 Å². The number of fused-ring (bicyclic) bond motifs is 1. The van der Waals surface area contributed by atoms with Gasteiger partial charge in [0, 0.05) is 0 Å². The molecule has 1 aromatic heterocycles. The Morgan fingerprint density at radius 2 is 2.20 bits per heavy atom. The standard InChI is InChI=1S/C13H11N3O5S4/c1-3(17)5-9(19)16-6(11(20)21)13(23-10(5)16)24-12(22)7-4(2-14)8(18)15-25-7/h3,5,10,12,17,22H,1H3,(H,15,18)(H,20,21)/t3-,5+,10-,12?/m1/s1. The number of nitrogens with zero attached hydrogens (tertiary/aromatic N) is 2. The van der Waals surface area contributed by atoms with E-state index in [0.717, 1.165) is 28.2 Å². The first kappa shape index (κ1) is 18.4. The largest absolute Gasteiger partial charge is 0.477 e. The lowest BCUT2D eigenvalue weighted by atomic mass is 9.92. The Morgan fingerprint density at radius 1 is 1.52 bits per heavy atom. The summed E-state index contributed by atoms with van der Waals surface area (Å²) in [4.78, 5) is 36.9. The fourth-order valence-electron chi connectivity index (χ4n) is 2.58. The molecule has 3 rings (SSSR count). The van der Waals surface area contributed by atoms with Crippen molar-refractivity contribution < 1.29 is 19.8 Å². The molecule has 25 heavy (non-hydrogen) atoms. The Balaban J connectivity index is 1.89. The van der Waals surface area contributed by atoms with E-state index in [2.05, 4.69) is 17.0 Å². The number of hydrogen-bond donors (Lipinski definition) is 4. The molecule has 1 unspecified atom stereocenters. The van der Waals surface area contributed by atoms with Crippen LogP contribution in [-0.4, -0.2) is 42.8 Å². The van der Waals surface area contributed by atoms with E-state index in [1.807, 2.05) is 6.07 Å². The predicted octanol–water partition coefficient (Wildman–Crippen LogP) is 1.14. The van der Waals surface area contributed by atoms with Crippen LogP contribution in [0.3, 0.4) is 0 Å². The summed E-state index contributed by atoms with van der Waals surface area (Å²) in [6.45, 7) is 1.49. The minimum Gasteiger partial charge on any atom is -0.477 e. The first-order valence-electron chi connectivity index (χ1n) is 6.89. The second-order valence-electron chi connectivity index (χ2n) is 5.28. The number of nitriles is 1. The van der Waals surface area contributed by atoms with Crippen LogP contribution in [0.15, 0.2) is 14.7 Å². The van der Waals surface area contributed by atoms with E-state index >= 15 is 0 Å². The van der Waals surface area contributed by atoms with E-state index in [9.17, 15) is 24.6 Å². The summed E-state index contributed by atoms with van der Waals surface area (Å²) in [5.41, 5.74) is -0.719. The molecule has 0 aromatic carbocycles. The van der Waals surface area contributed by atoms with E-state index in [0.29, 0.717) is 9.11 Å². The highest BCUT2D eigenvalue weighted by Gasteiger charge is 2.57. The minimum atomic E-state index is -1.25.